The minimum Gasteiger partial charge on any atom is -0.507 e. The fourth-order valence-electron chi connectivity index (χ4n) is 4.57. The van der Waals surface area contributed by atoms with Crippen LogP contribution in [0, 0.1) is 13.8 Å². The molecule has 4 rings (SSSR count). The number of nitrogens with zero attached hydrogens (tertiary/aromatic N) is 1. The molecule has 0 aliphatic carbocycles. The van der Waals surface area contributed by atoms with Crippen LogP contribution in [0.5, 0.6) is 5.75 Å². The molecular weight excluding hydrogens is 482 g/mol. The second kappa shape index (κ2) is 10.9. The molecule has 1 fully saturated rings. The van der Waals surface area contributed by atoms with Gasteiger partial charge in [0.2, 0.25) is 0 Å². The molecule has 0 radical (unpaired) electrons. The molecule has 3 aromatic rings. The summed E-state index contributed by atoms with van der Waals surface area (Å²) in [4.78, 5) is 40.3. The van der Waals surface area contributed by atoms with Crippen molar-refractivity contribution >= 4 is 29.1 Å². The van der Waals surface area contributed by atoms with Crippen molar-refractivity contribution in [2.75, 3.05) is 11.5 Å². The quantitative estimate of drug-likeness (QED) is 0.183. The fraction of sp³-hybridized carbons (Fsp3) is 0.258. The average Bonchev–Trinajstić information content (AvgIpc) is 3.15. The summed E-state index contributed by atoms with van der Waals surface area (Å²) in [5.74, 6) is -1.62. The van der Waals surface area contributed by atoms with Crippen molar-refractivity contribution in [3.8, 4) is 5.75 Å². The molecule has 1 saturated heterocycles. The minimum atomic E-state index is -0.866. The Balaban J connectivity index is 1.85. The summed E-state index contributed by atoms with van der Waals surface area (Å²) in [6.45, 7) is 9.59. The normalized spacial score (nSPS) is 16.7. The SMILES string of the molecule is CCOC(=O)c1ccc(N2C(=O)C(=O)/C(=C(\O)c3ccc(OC(C)C)c(C)c3)C2c2cccc(C)c2)cc1. The van der Waals surface area contributed by atoms with Crippen LogP contribution in [0.3, 0.4) is 0 Å². The Morgan fingerprint density at radius 2 is 1.66 bits per heavy atom. The van der Waals surface area contributed by atoms with E-state index >= 15 is 0 Å². The Hall–Kier alpha value is -4.39. The maximum Gasteiger partial charge on any atom is 0.338 e. The highest BCUT2D eigenvalue weighted by atomic mass is 16.5. The number of ether oxygens (including phenoxy) is 2. The number of Topliss-reactive ketones (excluding diaryl/α,β-unsaturated/α-hetero) is 1. The molecule has 1 aliphatic heterocycles. The monoisotopic (exact) mass is 513 g/mol. The van der Waals surface area contributed by atoms with Gasteiger partial charge in [-0.25, -0.2) is 4.79 Å². The number of esters is 1. The number of amides is 1. The maximum absolute atomic E-state index is 13.4. The summed E-state index contributed by atoms with van der Waals surface area (Å²) in [6, 6.07) is 18.1. The second-order valence-corrected chi connectivity index (χ2v) is 9.50. The van der Waals surface area contributed by atoms with E-state index in [1.807, 2.05) is 52.0 Å². The first-order chi connectivity index (χ1) is 18.1. The first kappa shape index (κ1) is 26.7. The molecule has 0 spiro atoms. The van der Waals surface area contributed by atoms with Gasteiger partial charge in [-0.2, -0.15) is 0 Å². The van der Waals surface area contributed by atoms with E-state index in [1.165, 1.54) is 4.90 Å². The molecule has 7 heteroatoms. The topological polar surface area (TPSA) is 93.1 Å². The predicted molar refractivity (Wildman–Crippen MR) is 145 cm³/mol. The number of aryl methyl sites for hydroxylation is 2. The zero-order valence-electron chi connectivity index (χ0n) is 22.1. The molecular formula is C31H31NO6. The molecule has 0 aromatic heterocycles. The van der Waals surface area contributed by atoms with Gasteiger partial charge in [0, 0.05) is 11.3 Å². The molecule has 1 aliphatic rings. The zero-order chi connectivity index (χ0) is 27.6. The Labute approximate surface area is 222 Å². The van der Waals surface area contributed by atoms with Crippen LogP contribution in [-0.4, -0.2) is 35.5 Å². The molecule has 196 valence electrons. The molecule has 1 heterocycles. The van der Waals surface area contributed by atoms with Gasteiger partial charge in [-0.05, 0) is 88.2 Å². The third kappa shape index (κ3) is 5.18. The smallest absolute Gasteiger partial charge is 0.338 e. The summed E-state index contributed by atoms with van der Waals surface area (Å²) in [7, 11) is 0. The number of hydrogen-bond acceptors (Lipinski definition) is 6. The summed E-state index contributed by atoms with van der Waals surface area (Å²) in [5.41, 5.74) is 3.56. The van der Waals surface area contributed by atoms with Crippen molar-refractivity contribution in [2.24, 2.45) is 0 Å². The van der Waals surface area contributed by atoms with Crippen LogP contribution in [0.4, 0.5) is 5.69 Å². The van der Waals surface area contributed by atoms with Crippen molar-refractivity contribution < 1.29 is 29.0 Å². The number of aliphatic hydroxyl groups excluding tert-OH is 1. The Morgan fingerprint density at radius 3 is 2.26 bits per heavy atom. The lowest BCUT2D eigenvalue weighted by molar-refractivity contribution is -0.132. The van der Waals surface area contributed by atoms with Gasteiger partial charge < -0.3 is 14.6 Å². The lowest BCUT2D eigenvalue weighted by atomic mass is 9.93. The highest BCUT2D eigenvalue weighted by Gasteiger charge is 2.47. The molecule has 7 nitrogen and oxygen atoms in total. The van der Waals surface area contributed by atoms with E-state index in [1.54, 1.807) is 49.4 Å². The lowest BCUT2D eigenvalue weighted by Crippen LogP contribution is -2.29. The number of benzene rings is 3. The molecule has 0 saturated carbocycles. The Bertz CT molecular complexity index is 1420. The summed E-state index contributed by atoms with van der Waals surface area (Å²) in [5, 5.41) is 11.4. The summed E-state index contributed by atoms with van der Waals surface area (Å²) in [6.07, 6.45) is -0.0185. The largest absolute Gasteiger partial charge is 0.507 e. The van der Waals surface area contributed by atoms with Gasteiger partial charge in [0.05, 0.1) is 29.9 Å². The van der Waals surface area contributed by atoms with Gasteiger partial charge in [-0.15, -0.1) is 0 Å². The highest BCUT2D eigenvalue weighted by molar-refractivity contribution is 6.51. The number of ketones is 1. The lowest BCUT2D eigenvalue weighted by Gasteiger charge is -2.26. The van der Waals surface area contributed by atoms with Crippen LogP contribution in [-0.2, 0) is 14.3 Å². The van der Waals surface area contributed by atoms with E-state index in [0.29, 0.717) is 28.1 Å². The number of anilines is 1. The number of aliphatic hydroxyl groups is 1. The van der Waals surface area contributed by atoms with Crippen LogP contribution < -0.4 is 9.64 Å². The first-order valence-corrected chi connectivity index (χ1v) is 12.5. The Kier molecular flexibility index (Phi) is 7.67. The van der Waals surface area contributed by atoms with Crippen molar-refractivity contribution in [1.82, 2.24) is 0 Å². The molecule has 1 amide bonds. The second-order valence-electron chi connectivity index (χ2n) is 9.50. The first-order valence-electron chi connectivity index (χ1n) is 12.5. The van der Waals surface area contributed by atoms with Crippen LogP contribution in [0.2, 0.25) is 0 Å². The van der Waals surface area contributed by atoms with E-state index in [-0.39, 0.29) is 24.0 Å². The van der Waals surface area contributed by atoms with Crippen molar-refractivity contribution in [3.63, 3.8) is 0 Å². The number of carbonyl (C=O) groups excluding carboxylic acids is 3. The van der Waals surface area contributed by atoms with Crippen LogP contribution in [0.1, 0.15) is 59.4 Å². The van der Waals surface area contributed by atoms with Crippen LogP contribution in [0.25, 0.3) is 5.76 Å². The average molecular weight is 514 g/mol. The molecule has 1 N–H and O–H groups in total. The van der Waals surface area contributed by atoms with Gasteiger partial charge >= 0.3 is 5.97 Å². The van der Waals surface area contributed by atoms with Crippen LogP contribution >= 0.6 is 0 Å². The number of hydrogen-bond donors (Lipinski definition) is 1. The van der Waals surface area contributed by atoms with Crippen molar-refractivity contribution in [1.29, 1.82) is 0 Å². The van der Waals surface area contributed by atoms with Gasteiger partial charge in [0.15, 0.2) is 0 Å². The maximum atomic E-state index is 13.4. The molecule has 1 atom stereocenters. The zero-order valence-corrected chi connectivity index (χ0v) is 22.1. The Morgan fingerprint density at radius 1 is 0.974 bits per heavy atom. The fourth-order valence-corrected chi connectivity index (χ4v) is 4.57. The van der Waals surface area contributed by atoms with Gasteiger partial charge in [-0.3, -0.25) is 14.5 Å². The number of rotatable bonds is 7. The third-order valence-electron chi connectivity index (χ3n) is 6.27. The van der Waals surface area contributed by atoms with Crippen molar-refractivity contribution in [2.45, 2.75) is 46.8 Å². The summed E-state index contributed by atoms with van der Waals surface area (Å²) >= 11 is 0. The van der Waals surface area contributed by atoms with E-state index in [9.17, 15) is 19.5 Å². The standard InChI is InChI=1S/C31H31NO6/c1-6-37-31(36)21-10-13-24(14-11-21)32-27(22-9-7-8-19(4)16-22)26(29(34)30(32)35)28(33)23-12-15-25(20(5)17-23)38-18(2)3/h7-18,27,33H,6H2,1-5H3/b28-26-. The van der Waals surface area contributed by atoms with Gasteiger partial charge in [0.1, 0.15) is 11.5 Å². The minimum absolute atomic E-state index is 0.00741. The van der Waals surface area contributed by atoms with Gasteiger partial charge in [0.25, 0.3) is 11.7 Å². The van der Waals surface area contributed by atoms with E-state index < -0.39 is 23.7 Å². The molecule has 0 bridgehead atoms. The summed E-state index contributed by atoms with van der Waals surface area (Å²) < 4.78 is 10.9. The molecule has 3 aromatic carbocycles. The predicted octanol–water partition coefficient (Wildman–Crippen LogP) is 5.89. The third-order valence-corrected chi connectivity index (χ3v) is 6.27. The molecule has 38 heavy (non-hydrogen) atoms. The molecule has 1 unspecified atom stereocenters. The van der Waals surface area contributed by atoms with Crippen molar-refractivity contribution in [3.05, 3.63) is 100 Å². The van der Waals surface area contributed by atoms with E-state index in [0.717, 1.165) is 11.1 Å². The van der Waals surface area contributed by atoms with Gasteiger partial charge in [-0.1, -0.05) is 29.8 Å². The van der Waals surface area contributed by atoms with E-state index in [2.05, 4.69) is 0 Å². The number of carbonyl (C=O) groups is 3. The highest BCUT2D eigenvalue weighted by Crippen LogP contribution is 2.42. The van der Waals surface area contributed by atoms with Crippen LogP contribution in [0.15, 0.2) is 72.3 Å². The van der Waals surface area contributed by atoms with E-state index in [4.69, 9.17) is 9.47 Å².